The molecule has 2 unspecified atom stereocenters. The number of alkyl halides is 1. The van der Waals surface area contributed by atoms with Crippen LogP contribution in [0.2, 0.25) is 0 Å². The van der Waals surface area contributed by atoms with Crippen LogP contribution < -0.4 is 0 Å². The third kappa shape index (κ3) is 3.59. The van der Waals surface area contributed by atoms with Crippen molar-refractivity contribution >= 4 is 11.6 Å². The summed E-state index contributed by atoms with van der Waals surface area (Å²) in [6.07, 6.45) is 2.79. The van der Waals surface area contributed by atoms with Crippen molar-refractivity contribution in [2.24, 2.45) is 0 Å². The minimum Gasteiger partial charge on any atom is -0.374 e. The maximum atomic E-state index is 6.19. The average molecular weight is 247 g/mol. The molecule has 0 amide bonds. The standard InChI is InChI=1S/C12H23ClN2O/c1-2-14-6-7-16-12(9-14)10-15-5-3-4-11(13)8-15/h11-12H,2-10H2,1H3. The van der Waals surface area contributed by atoms with Gasteiger partial charge in [-0.2, -0.15) is 0 Å². The molecule has 3 nitrogen and oxygen atoms in total. The van der Waals surface area contributed by atoms with Crippen LogP contribution in [-0.4, -0.2) is 67.2 Å². The van der Waals surface area contributed by atoms with Crippen LogP contribution in [-0.2, 0) is 4.74 Å². The van der Waals surface area contributed by atoms with Crippen LogP contribution in [0.1, 0.15) is 19.8 Å². The highest BCUT2D eigenvalue weighted by Gasteiger charge is 2.24. The monoisotopic (exact) mass is 246 g/mol. The number of ether oxygens (including phenoxy) is 1. The highest BCUT2D eigenvalue weighted by molar-refractivity contribution is 6.20. The molecule has 0 N–H and O–H groups in total. The Hall–Kier alpha value is 0.170. The topological polar surface area (TPSA) is 15.7 Å². The summed E-state index contributed by atoms with van der Waals surface area (Å²) in [7, 11) is 0. The SMILES string of the molecule is CCN1CCOC(CN2CCCC(Cl)C2)C1. The average Bonchev–Trinajstić information content (AvgIpc) is 2.29. The molecule has 0 aromatic rings. The van der Waals surface area contributed by atoms with E-state index in [1.165, 1.54) is 19.4 Å². The molecular weight excluding hydrogens is 224 g/mol. The molecule has 0 spiro atoms. The van der Waals surface area contributed by atoms with Crippen molar-refractivity contribution in [3.63, 3.8) is 0 Å². The second-order valence-corrected chi connectivity index (χ2v) is 5.50. The highest BCUT2D eigenvalue weighted by Crippen LogP contribution is 2.16. The Morgan fingerprint density at radius 1 is 1.25 bits per heavy atom. The van der Waals surface area contributed by atoms with Crippen LogP contribution in [0.25, 0.3) is 0 Å². The van der Waals surface area contributed by atoms with Gasteiger partial charge in [-0.15, -0.1) is 11.6 Å². The Balaban J connectivity index is 1.75. The number of nitrogens with zero attached hydrogens (tertiary/aromatic N) is 2. The molecule has 2 aliphatic heterocycles. The lowest BCUT2D eigenvalue weighted by molar-refractivity contribution is -0.0434. The van der Waals surface area contributed by atoms with Crippen LogP contribution in [0.4, 0.5) is 0 Å². The number of halogens is 1. The number of piperidine rings is 1. The van der Waals surface area contributed by atoms with Crippen LogP contribution in [0, 0.1) is 0 Å². The zero-order valence-electron chi connectivity index (χ0n) is 10.2. The Kier molecular flexibility index (Phi) is 4.89. The smallest absolute Gasteiger partial charge is 0.0829 e. The number of rotatable bonds is 3. The molecule has 2 rings (SSSR count). The molecule has 0 saturated carbocycles. The van der Waals surface area contributed by atoms with E-state index in [2.05, 4.69) is 16.7 Å². The lowest BCUT2D eigenvalue weighted by atomic mass is 10.1. The Labute approximate surface area is 104 Å². The third-order valence-corrected chi connectivity index (χ3v) is 3.94. The first-order chi connectivity index (χ1) is 7.78. The van der Waals surface area contributed by atoms with E-state index in [4.69, 9.17) is 16.3 Å². The molecule has 0 bridgehead atoms. The van der Waals surface area contributed by atoms with Gasteiger partial charge in [-0.05, 0) is 25.9 Å². The zero-order valence-corrected chi connectivity index (χ0v) is 11.0. The molecule has 0 radical (unpaired) electrons. The van der Waals surface area contributed by atoms with Crippen LogP contribution in [0.15, 0.2) is 0 Å². The summed E-state index contributed by atoms with van der Waals surface area (Å²) >= 11 is 6.19. The molecule has 16 heavy (non-hydrogen) atoms. The lowest BCUT2D eigenvalue weighted by Gasteiger charge is -2.37. The van der Waals surface area contributed by atoms with Gasteiger partial charge >= 0.3 is 0 Å². The quantitative estimate of drug-likeness (QED) is 0.701. The predicted molar refractivity (Wildman–Crippen MR) is 67.2 cm³/mol. The molecule has 2 fully saturated rings. The first kappa shape index (κ1) is 12.6. The van der Waals surface area contributed by atoms with E-state index >= 15 is 0 Å². The minimum absolute atomic E-state index is 0.347. The van der Waals surface area contributed by atoms with E-state index in [0.717, 1.165) is 39.3 Å². The fourth-order valence-corrected chi connectivity index (χ4v) is 2.98. The van der Waals surface area contributed by atoms with Gasteiger partial charge in [-0.3, -0.25) is 9.80 Å². The van der Waals surface area contributed by atoms with Crippen molar-refractivity contribution in [2.75, 3.05) is 45.9 Å². The van der Waals surface area contributed by atoms with Gasteiger partial charge in [0.1, 0.15) is 0 Å². The summed E-state index contributed by atoms with van der Waals surface area (Å²) in [5.41, 5.74) is 0. The van der Waals surface area contributed by atoms with Gasteiger partial charge in [0.05, 0.1) is 12.7 Å². The van der Waals surface area contributed by atoms with Crippen molar-refractivity contribution in [3.05, 3.63) is 0 Å². The maximum absolute atomic E-state index is 6.19. The molecular formula is C12H23ClN2O. The van der Waals surface area contributed by atoms with Crippen molar-refractivity contribution < 1.29 is 4.74 Å². The minimum atomic E-state index is 0.347. The molecule has 0 aromatic carbocycles. The Morgan fingerprint density at radius 2 is 2.12 bits per heavy atom. The largest absolute Gasteiger partial charge is 0.374 e. The molecule has 2 atom stereocenters. The fourth-order valence-electron chi connectivity index (χ4n) is 2.63. The van der Waals surface area contributed by atoms with Crippen LogP contribution >= 0.6 is 11.6 Å². The summed E-state index contributed by atoms with van der Waals surface area (Å²) in [5, 5.41) is 0.347. The summed E-state index contributed by atoms with van der Waals surface area (Å²) in [5.74, 6) is 0. The maximum Gasteiger partial charge on any atom is 0.0829 e. The first-order valence-corrected chi connectivity index (χ1v) is 6.92. The summed E-state index contributed by atoms with van der Waals surface area (Å²) in [6.45, 7) is 9.69. The van der Waals surface area contributed by atoms with Gasteiger partial charge < -0.3 is 4.74 Å². The Bertz CT molecular complexity index is 215. The number of likely N-dealkylation sites (tertiary alicyclic amines) is 1. The van der Waals surface area contributed by atoms with E-state index in [1.807, 2.05) is 0 Å². The van der Waals surface area contributed by atoms with Crippen molar-refractivity contribution in [2.45, 2.75) is 31.2 Å². The van der Waals surface area contributed by atoms with Gasteiger partial charge in [-0.25, -0.2) is 0 Å². The van der Waals surface area contributed by atoms with Crippen molar-refractivity contribution in [3.8, 4) is 0 Å². The van der Waals surface area contributed by atoms with E-state index in [9.17, 15) is 0 Å². The molecule has 2 heterocycles. The molecule has 2 saturated heterocycles. The summed E-state index contributed by atoms with van der Waals surface area (Å²) < 4.78 is 5.82. The van der Waals surface area contributed by atoms with Gasteiger partial charge in [0.15, 0.2) is 0 Å². The second-order valence-electron chi connectivity index (χ2n) is 4.89. The van der Waals surface area contributed by atoms with Crippen LogP contribution in [0.3, 0.4) is 0 Å². The molecule has 0 aliphatic carbocycles. The van der Waals surface area contributed by atoms with E-state index in [1.54, 1.807) is 0 Å². The number of likely N-dealkylation sites (N-methyl/N-ethyl adjacent to an activating group) is 1. The number of hydrogen-bond acceptors (Lipinski definition) is 3. The normalized spacial score (nSPS) is 34.1. The molecule has 2 aliphatic rings. The van der Waals surface area contributed by atoms with Crippen LogP contribution in [0.5, 0.6) is 0 Å². The molecule has 94 valence electrons. The van der Waals surface area contributed by atoms with Gasteiger partial charge in [0.25, 0.3) is 0 Å². The van der Waals surface area contributed by atoms with Gasteiger partial charge in [0.2, 0.25) is 0 Å². The first-order valence-electron chi connectivity index (χ1n) is 6.48. The summed E-state index contributed by atoms with van der Waals surface area (Å²) in [4.78, 5) is 4.93. The fraction of sp³-hybridized carbons (Fsp3) is 1.00. The third-order valence-electron chi connectivity index (χ3n) is 3.58. The van der Waals surface area contributed by atoms with Crippen molar-refractivity contribution in [1.29, 1.82) is 0 Å². The highest BCUT2D eigenvalue weighted by atomic mass is 35.5. The number of hydrogen-bond donors (Lipinski definition) is 0. The van der Waals surface area contributed by atoms with E-state index < -0.39 is 0 Å². The second kappa shape index (κ2) is 6.20. The predicted octanol–water partition coefficient (Wildman–Crippen LogP) is 1.41. The molecule has 4 heteroatoms. The summed E-state index contributed by atoms with van der Waals surface area (Å²) in [6, 6.07) is 0. The van der Waals surface area contributed by atoms with E-state index in [0.29, 0.717) is 11.5 Å². The van der Waals surface area contributed by atoms with E-state index in [-0.39, 0.29) is 0 Å². The zero-order chi connectivity index (χ0) is 11.4. The van der Waals surface area contributed by atoms with Crippen molar-refractivity contribution in [1.82, 2.24) is 9.80 Å². The number of morpholine rings is 1. The van der Waals surface area contributed by atoms with Gasteiger partial charge in [-0.1, -0.05) is 6.92 Å². The molecule has 0 aromatic heterocycles. The lowest BCUT2D eigenvalue weighted by Crippen LogP contribution is -2.49. The Morgan fingerprint density at radius 3 is 2.88 bits per heavy atom. The van der Waals surface area contributed by atoms with Gasteiger partial charge in [0, 0.05) is 31.6 Å².